The number of benzene rings is 1. The van der Waals surface area contributed by atoms with Crippen LogP contribution in [0.1, 0.15) is 6.99 Å². The first-order valence-electron chi connectivity index (χ1n) is 2.78. The topological polar surface area (TPSA) is 26.0 Å². The van der Waals surface area contributed by atoms with Gasteiger partial charge >= 0.3 is 18.9 Å². The Morgan fingerprint density at radius 2 is 2.00 bits per heavy atom. The van der Waals surface area contributed by atoms with Crippen LogP contribution in [0, 0.1) is 0 Å². The van der Waals surface area contributed by atoms with Gasteiger partial charge in [-0.15, -0.1) is 0 Å². The molecule has 0 radical (unpaired) electrons. The van der Waals surface area contributed by atoms with E-state index in [1.807, 2.05) is 24.3 Å². The zero-order valence-electron chi connectivity index (χ0n) is 6.97. The van der Waals surface area contributed by atoms with Crippen LogP contribution in [0.2, 0.25) is 5.02 Å². The van der Waals surface area contributed by atoms with Gasteiger partial charge in [-0.3, -0.25) is 0 Å². The van der Waals surface area contributed by atoms with Crippen LogP contribution in [0.3, 0.4) is 0 Å². The molecule has 1 aromatic rings. The van der Waals surface area contributed by atoms with Gasteiger partial charge in [0.1, 0.15) is 0 Å². The molecule has 0 aliphatic rings. The van der Waals surface area contributed by atoms with Gasteiger partial charge in [0.05, 0.1) is 0 Å². The summed E-state index contributed by atoms with van der Waals surface area (Å²) >= 11 is 5.74. The molecule has 0 amide bonds. The third-order valence-electron chi connectivity index (χ3n) is 1.18. The Morgan fingerprint density at radius 3 is 2.40 bits per heavy atom. The van der Waals surface area contributed by atoms with E-state index in [0.29, 0.717) is 6.54 Å². The van der Waals surface area contributed by atoms with E-state index < -0.39 is 0 Å². The SMILES string of the molecule is NCc1ccccc1Cl.[H-].[Li+]. The van der Waals surface area contributed by atoms with Gasteiger partial charge in [0, 0.05) is 11.6 Å². The zero-order chi connectivity index (χ0) is 6.69. The molecule has 3 heteroatoms. The molecule has 0 fully saturated rings. The van der Waals surface area contributed by atoms with Gasteiger partial charge in [0.2, 0.25) is 0 Å². The molecule has 2 N–H and O–H groups in total. The van der Waals surface area contributed by atoms with Gasteiger partial charge < -0.3 is 7.16 Å². The summed E-state index contributed by atoms with van der Waals surface area (Å²) in [7, 11) is 0. The van der Waals surface area contributed by atoms with E-state index >= 15 is 0 Å². The molecule has 50 valence electrons. The van der Waals surface area contributed by atoms with E-state index in [1.165, 1.54) is 0 Å². The fourth-order valence-electron chi connectivity index (χ4n) is 0.664. The van der Waals surface area contributed by atoms with Crippen molar-refractivity contribution >= 4 is 11.6 Å². The molecule has 0 aliphatic carbocycles. The van der Waals surface area contributed by atoms with E-state index in [0.717, 1.165) is 10.6 Å². The van der Waals surface area contributed by atoms with Crippen molar-refractivity contribution in [3.63, 3.8) is 0 Å². The quantitative estimate of drug-likeness (QED) is 0.505. The molecule has 0 saturated carbocycles. The smallest absolute Gasteiger partial charge is 1.00 e. The maximum absolute atomic E-state index is 5.74. The molecular formula is C7H9ClLiN. The predicted octanol–water partition coefficient (Wildman–Crippen LogP) is -1.08. The summed E-state index contributed by atoms with van der Waals surface area (Å²) in [5.41, 5.74) is 6.37. The van der Waals surface area contributed by atoms with Crippen LogP contribution < -0.4 is 24.6 Å². The Bertz CT molecular complexity index is 207. The van der Waals surface area contributed by atoms with E-state index in [2.05, 4.69) is 0 Å². The van der Waals surface area contributed by atoms with Crippen LogP contribution in [0.5, 0.6) is 0 Å². The summed E-state index contributed by atoms with van der Waals surface area (Å²) in [4.78, 5) is 0. The minimum absolute atomic E-state index is 0. The third-order valence-corrected chi connectivity index (χ3v) is 1.55. The largest absolute Gasteiger partial charge is 1.00 e. The Hall–Kier alpha value is 0.0674. The van der Waals surface area contributed by atoms with E-state index in [-0.39, 0.29) is 20.3 Å². The number of halogens is 1. The van der Waals surface area contributed by atoms with Crippen LogP contribution in [0.4, 0.5) is 0 Å². The summed E-state index contributed by atoms with van der Waals surface area (Å²) in [5.74, 6) is 0. The first-order valence-corrected chi connectivity index (χ1v) is 3.16. The maximum Gasteiger partial charge on any atom is 1.00 e. The second kappa shape index (κ2) is 4.82. The molecule has 1 nitrogen and oxygen atoms in total. The molecule has 0 bridgehead atoms. The fraction of sp³-hybridized carbons (Fsp3) is 0.143. The van der Waals surface area contributed by atoms with Crippen LogP contribution >= 0.6 is 11.6 Å². The van der Waals surface area contributed by atoms with Crippen LogP contribution in [0.15, 0.2) is 24.3 Å². The zero-order valence-corrected chi connectivity index (χ0v) is 6.73. The molecule has 0 atom stereocenters. The van der Waals surface area contributed by atoms with E-state index in [1.54, 1.807) is 0 Å². The maximum atomic E-state index is 5.74. The standard InChI is InChI=1S/C7H8ClN.Li.H/c8-7-4-2-1-3-6(7)5-9;;/h1-4H,5,9H2;;/q;+1;-1. The van der Waals surface area contributed by atoms with Gasteiger partial charge in [-0.1, -0.05) is 29.8 Å². The van der Waals surface area contributed by atoms with Crippen molar-refractivity contribution in [3.8, 4) is 0 Å². The van der Waals surface area contributed by atoms with Crippen molar-refractivity contribution in [2.75, 3.05) is 0 Å². The van der Waals surface area contributed by atoms with Crippen LogP contribution in [0.25, 0.3) is 0 Å². The van der Waals surface area contributed by atoms with Crippen LogP contribution in [-0.2, 0) is 6.54 Å². The monoisotopic (exact) mass is 149 g/mol. The minimum Gasteiger partial charge on any atom is -1.00 e. The summed E-state index contributed by atoms with van der Waals surface area (Å²) in [6.45, 7) is 0.514. The van der Waals surface area contributed by atoms with Gasteiger partial charge in [-0.2, -0.15) is 0 Å². The minimum atomic E-state index is 0. The van der Waals surface area contributed by atoms with Crippen LogP contribution in [-0.4, -0.2) is 0 Å². The van der Waals surface area contributed by atoms with Crippen molar-refractivity contribution < 1.29 is 20.3 Å². The molecule has 1 aromatic carbocycles. The van der Waals surface area contributed by atoms with Crippen molar-refractivity contribution in [2.45, 2.75) is 6.54 Å². The molecular weight excluding hydrogens is 140 g/mol. The summed E-state index contributed by atoms with van der Waals surface area (Å²) < 4.78 is 0. The molecule has 0 aromatic heterocycles. The molecule has 0 aliphatic heterocycles. The van der Waals surface area contributed by atoms with Gasteiger partial charge in [-0.05, 0) is 11.6 Å². The second-order valence-electron chi connectivity index (χ2n) is 1.80. The first-order chi connectivity index (χ1) is 4.34. The molecule has 0 saturated heterocycles. The summed E-state index contributed by atoms with van der Waals surface area (Å²) in [6, 6.07) is 7.57. The molecule has 1 rings (SSSR count). The average molecular weight is 150 g/mol. The van der Waals surface area contributed by atoms with Crippen molar-refractivity contribution in [1.29, 1.82) is 0 Å². The van der Waals surface area contributed by atoms with E-state index in [4.69, 9.17) is 17.3 Å². The molecule has 0 spiro atoms. The van der Waals surface area contributed by atoms with Gasteiger partial charge in [0.25, 0.3) is 0 Å². The fourth-order valence-corrected chi connectivity index (χ4v) is 0.877. The van der Waals surface area contributed by atoms with Gasteiger partial charge in [0.15, 0.2) is 0 Å². The molecule has 10 heavy (non-hydrogen) atoms. The first kappa shape index (κ1) is 10.1. The van der Waals surface area contributed by atoms with E-state index in [9.17, 15) is 0 Å². The Labute approximate surface area is 79.2 Å². The number of hydrogen-bond acceptors (Lipinski definition) is 1. The Kier molecular flexibility index (Phi) is 4.85. The normalized spacial score (nSPS) is 8.60. The number of hydrogen-bond donors (Lipinski definition) is 1. The summed E-state index contributed by atoms with van der Waals surface area (Å²) in [6.07, 6.45) is 0. The number of nitrogens with two attached hydrogens (primary N) is 1. The predicted molar refractivity (Wildman–Crippen MR) is 40.5 cm³/mol. The second-order valence-corrected chi connectivity index (χ2v) is 2.20. The van der Waals surface area contributed by atoms with Crippen molar-refractivity contribution in [3.05, 3.63) is 34.9 Å². The summed E-state index contributed by atoms with van der Waals surface area (Å²) in [5, 5.41) is 0.750. The Morgan fingerprint density at radius 1 is 1.40 bits per heavy atom. The molecule has 0 unspecified atom stereocenters. The Balaban J connectivity index is 0. The van der Waals surface area contributed by atoms with Crippen molar-refractivity contribution in [1.82, 2.24) is 0 Å². The third kappa shape index (κ3) is 2.36. The average Bonchev–Trinajstić information content (AvgIpc) is 1.89. The van der Waals surface area contributed by atoms with Crippen molar-refractivity contribution in [2.24, 2.45) is 5.73 Å². The molecule has 0 heterocycles. The van der Waals surface area contributed by atoms with Gasteiger partial charge in [-0.25, -0.2) is 0 Å². The number of rotatable bonds is 1.